The van der Waals surface area contributed by atoms with Crippen molar-refractivity contribution >= 4 is 10.8 Å². The zero-order chi connectivity index (χ0) is 14.2. The number of rotatable bonds is 3. The summed E-state index contributed by atoms with van der Waals surface area (Å²) in [5.41, 5.74) is 1.83. The highest BCUT2D eigenvalue weighted by atomic mass is 19.1. The van der Waals surface area contributed by atoms with Crippen LogP contribution in [-0.4, -0.2) is 30.6 Å². The molecule has 102 valence electrons. The minimum absolute atomic E-state index is 0.212. The highest BCUT2D eigenvalue weighted by Gasteiger charge is 2.17. The Morgan fingerprint density at radius 3 is 2.47 bits per heavy atom. The number of quaternary nitrogens is 1. The molecule has 0 unspecified atom stereocenters. The van der Waals surface area contributed by atoms with Gasteiger partial charge in [-0.25, -0.2) is 4.39 Å². The Balaban J connectivity index is 2.78. The summed E-state index contributed by atoms with van der Waals surface area (Å²) in [6.45, 7) is 2.81. The van der Waals surface area contributed by atoms with Gasteiger partial charge in [0, 0.05) is 11.3 Å². The summed E-state index contributed by atoms with van der Waals surface area (Å²) in [5.74, 6) is -0.376. The Labute approximate surface area is 112 Å². The number of nitrogens with zero attached hydrogens (tertiary/aromatic N) is 1. The van der Waals surface area contributed by atoms with E-state index in [2.05, 4.69) is 26.1 Å². The molecule has 0 saturated carbocycles. The Kier molecular flexibility index (Phi) is 3.45. The van der Waals surface area contributed by atoms with Crippen LogP contribution in [-0.2, 0) is 13.0 Å². The van der Waals surface area contributed by atoms with Crippen LogP contribution in [0.25, 0.3) is 10.8 Å². The van der Waals surface area contributed by atoms with E-state index in [1.807, 2.05) is 6.92 Å². The topological polar surface area (TPSA) is 32.9 Å². The maximum atomic E-state index is 13.3. The molecule has 3 nitrogen and oxygen atoms in total. The van der Waals surface area contributed by atoms with Gasteiger partial charge in [0.1, 0.15) is 12.4 Å². The highest BCUT2D eigenvalue weighted by molar-refractivity contribution is 5.85. The molecule has 0 aliphatic rings. The number of hydrogen-bond acceptors (Lipinski definition) is 1. The lowest BCUT2D eigenvalue weighted by atomic mass is 10.0. The van der Waals surface area contributed by atoms with Crippen LogP contribution in [0.3, 0.4) is 0 Å². The summed E-state index contributed by atoms with van der Waals surface area (Å²) in [6, 6.07) is 4.44. The summed E-state index contributed by atoms with van der Waals surface area (Å²) in [7, 11) is 6.29. The number of benzene rings is 1. The van der Waals surface area contributed by atoms with Gasteiger partial charge in [-0.1, -0.05) is 13.0 Å². The number of nitrogens with one attached hydrogen (secondary N) is 1. The molecule has 0 radical (unpaired) electrons. The van der Waals surface area contributed by atoms with Crippen LogP contribution in [0, 0.1) is 5.82 Å². The number of fused-ring (bicyclic) bond motifs is 1. The van der Waals surface area contributed by atoms with Crippen LogP contribution < -0.4 is 5.56 Å². The number of aromatic amines is 1. The number of hydrogen-bond donors (Lipinski definition) is 1. The summed E-state index contributed by atoms with van der Waals surface area (Å²) in [4.78, 5) is 14.9. The third-order valence-electron chi connectivity index (χ3n) is 3.17. The van der Waals surface area contributed by atoms with Crippen LogP contribution >= 0.6 is 0 Å². The molecule has 0 aliphatic carbocycles. The molecule has 0 fully saturated rings. The van der Waals surface area contributed by atoms with Gasteiger partial charge in [0.2, 0.25) is 0 Å². The van der Waals surface area contributed by atoms with Gasteiger partial charge in [0.15, 0.2) is 0 Å². The van der Waals surface area contributed by atoms with Gasteiger partial charge in [-0.3, -0.25) is 4.79 Å². The van der Waals surface area contributed by atoms with Crippen molar-refractivity contribution in [2.75, 3.05) is 21.1 Å². The van der Waals surface area contributed by atoms with Crippen molar-refractivity contribution in [3.8, 4) is 0 Å². The summed E-state index contributed by atoms with van der Waals surface area (Å²) >= 11 is 0. The first-order chi connectivity index (χ1) is 8.81. The number of halogens is 1. The third-order valence-corrected chi connectivity index (χ3v) is 3.17. The van der Waals surface area contributed by atoms with Crippen molar-refractivity contribution in [1.82, 2.24) is 4.98 Å². The Morgan fingerprint density at radius 1 is 1.21 bits per heavy atom. The fourth-order valence-corrected chi connectivity index (χ4v) is 2.37. The van der Waals surface area contributed by atoms with Crippen molar-refractivity contribution in [3.63, 3.8) is 0 Å². The second-order valence-corrected chi connectivity index (χ2v) is 5.90. The Hall–Kier alpha value is -1.68. The first-order valence-electron chi connectivity index (χ1n) is 6.45. The molecule has 1 N–H and O–H groups in total. The molecular formula is C15H20FN2O+. The smallest absolute Gasteiger partial charge is 0.256 e. The van der Waals surface area contributed by atoms with E-state index < -0.39 is 0 Å². The highest BCUT2D eigenvalue weighted by Crippen LogP contribution is 2.22. The van der Waals surface area contributed by atoms with E-state index in [0.717, 1.165) is 34.1 Å². The lowest BCUT2D eigenvalue weighted by molar-refractivity contribution is -0.883. The summed E-state index contributed by atoms with van der Waals surface area (Å²) in [5, 5.41) is 1.29. The Morgan fingerprint density at radius 2 is 1.89 bits per heavy atom. The zero-order valence-electron chi connectivity index (χ0n) is 11.9. The molecule has 4 heteroatoms. The third kappa shape index (κ3) is 2.84. The fourth-order valence-electron chi connectivity index (χ4n) is 2.37. The number of aromatic nitrogens is 1. The first-order valence-corrected chi connectivity index (χ1v) is 6.45. The lowest BCUT2D eigenvalue weighted by Gasteiger charge is -2.25. The van der Waals surface area contributed by atoms with Crippen LogP contribution in [0.5, 0.6) is 0 Å². The number of H-pyrrole nitrogens is 1. The van der Waals surface area contributed by atoms with Gasteiger partial charge in [-0.15, -0.1) is 0 Å². The molecule has 0 aliphatic heterocycles. The quantitative estimate of drug-likeness (QED) is 0.848. The normalized spacial score (nSPS) is 12.1. The predicted molar refractivity (Wildman–Crippen MR) is 75.6 cm³/mol. The van der Waals surface area contributed by atoms with E-state index in [-0.39, 0.29) is 11.4 Å². The molecule has 0 amide bonds. The largest absolute Gasteiger partial charge is 0.327 e. The summed E-state index contributed by atoms with van der Waals surface area (Å²) < 4.78 is 14.1. The van der Waals surface area contributed by atoms with E-state index in [1.165, 1.54) is 12.1 Å². The van der Waals surface area contributed by atoms with Crippen molar-refractivity contribution in [2.45, 2.75) is 19.9 Å². The molecule has 2 rings (SSSR count). The van der Waals surface area contributed by atoms with E-state index >= 15 is 0 Å². The van der Waals surface area contributed by atoms with Crippen molar-refractivity contribution in [2.24, 2.45) is 0 Å². The Bertz CT molecular complexity index is 668. The SMILES string of the molecule is CCc1[nH]c(=O)c2cc(F)ccc2c1C[N+](C)(C)C. The van der Waals surface area contributed by atoms with Gasteiger partial charge in [-0.2, -0.15) is 0 Å². The number of pyridine rings is 1. The maximum Gasteiger partial charge on any atom is 0.256 e. The fraction of sp³-hybridized carbons (Fsp3) is 0.400. The van der Waals surface area contributed by atoms with E-state index in [0.29, 0.717) is 5.39 Å². The molecule has 1 heterocycles. The first kappa shape index (κ1) is 13.7. The molecule has 0 spiro atoms. The molecule has 1 aromatic carbocycles. The van der Waals surface area contributed by atoms with Crippen molar-refractivity contribution < 1.29 is 8.87 Å². The van der Waals surface area contributed by atoms with Crippen LogP contribution in [0.2, 0.25) is 0 Å². The predicted octanol–water partition coefficient (Wildman–Crippen LogP) is 2.44. The minimum atomic E-state index is -0.376. The molecule has 2 aromatic rings. The van der Waals surface area contributed by atoms with Crippen LogP contribution in [0.1, 0.15) is 18.2 Å². The van der Waals surface area contributed by atoms with E-state index in [9.17, 15) is 9.18 Å². The summed E-state index contributed by atoms with van der Waals surface area (Å²) in [6.07, 6.45) is 0.762. The average Bonchev–Trinajstić information content (AvgIpc) is 2.31. The minimum Gasteiger partial charge on any atom is -0.327 e. The standard InChI is InChI=1S/C15H19FN2O/c1-5-14-13(9-18(2,3)4)11-7-6-10(16)8-12(11)15(19)17-14/h6-8H,5,9H2,1-4H3/p+1. The van der Waals surface area contributed by atoms with E-state index in [4.69, 9.17) is 0 Å². The van der Waals surface area contributed by atoms with Gasteiger partial charge in [0.05, 0.1) is 26.5 Å². The molecule has 19 heavy (non-hydrogen) atoms. The second-order valence-electron chi connectivity index (χ2n) is 5.90. The molecule has 0 saturated heterocycles. The zero-order valence-corrected chi connectivity index (χ0v) is 11.9. The van der Waals surface area contributed by atoms with Crippen molar-refractivity contribution in [3.05, 3.63) is 45.6 Å². The second kappa shape index (κ2) is 4.78. The van der Waals surface area contributed by atoms with Crippen LogP contribution in [0.4, 0.5) is 4.39 Å². The molecule has 0 bridgehead atoms. The van der Waals surface area contributed by atoms with Gasteiger partial charge in [-0.05, 0) is 23.9 Å². The van der Waals surface area contributed by atoms with Crippen molar-refractivity contribution in [1.29, 1.82) is 0 Å². The lowest BCUT2D eigenvalue weighted by Crippen LogP contribution is -2.34. The molecule has 1 aromatic heterocycles. The van der Waals surface area contributed by atoms with Gasteiger partial charge in [0.25, 0.3) is 5.56 Å². The van der Waals surface area contributed by atoms with E-state index in [1.54, 1.807) is 6.07 Å². The maximum absolute atomic E-state index is 13.3. The average molecular weight is 263 g/mol. The van der Waals surface area contributed by atoms with Gasteiger partial charge < -0.3 is 9.47 Å². The van der Waals surface area contributed by atoms with Crippen LogP contribution in [0.15, 0.2) is 23.0 Å². The molecular weight excluding hydrogens is 243 g/mol. The number of aryl methyl sites for hydroxylation is 1. The monoisotopic (exact) mass is 263 g/mol. The van der Waals surface area contributed by atoms with Gasteiger partial charge >= 0.3 is 0 Å². The molecule has 0 atom stereocenters.